The number of hydrogen-bond acceptors (Lipinski definition) is 4. The molecular formula is C21H24O3S. The molecule has 2 saturated heterocycles. The summed E-state index contributed by atoms with van der Waals surface area (Å²) in [4.78, 5) is 1.24. The van der Waals surface area contributed by atoms with Gasteiger partial charge in [-0.1, -0.05) is 74.1 Å². The van der Waals surface area contributed by atoms with Crippen molar-refractivity contribution >= 4 is 11.8 Å². The van der Waals surface area contributed by atoms with E-state index < -0.39 is 0 Å². The van der Waals surface area contributed by atoms with Crippen LogP contribution >= 0.6 is 11.8 Å². The Morgan fingerprint density at radius 1 is 0.840 bits per heavy atom. The second kappa shape index (κ2) is 7.50. The van der Waals surface area contributed by atoms with Gasteiger partial charge in [0.2, 0.25) is 0 Å². The highest BCUT2D eigenvalue weighted by Gasteiger charge is 2.46. The number of thioether (sulfide) groups is 1. The van der Waals surface area contributed by atoms with Crippen LogP contribution in [0.1, 0.15) is 25.7 Å². The van der Waals surface area contributed by atoms with Crippen LogP contribution < -0.4 is 0 Å². The smallest absolute Gasteiger partial charge is 0.184 e. The SMILES string of the molecule is C[C@@H]1[C@@H](C)[C@H](Sc2ccccc2)O[C@@H]2CO[C@@H](c3ccccc3)O[C@@H]12. The van der Waals surface area contributed by atoms with Crippen molar-refractivity contribution in [3.63, 3.8) is 0 Å². The molecule has 2 aromatic rings. The van der Waals surface area contributed by atoms with Crippen LogP contribution in [-0.2, 0) is 14.2 Å². The maximum absolute atomic E-state index is 6.37. The molecule has 4 heteroatoms. The molecule has 2 fully saturated rings. The number of hydrogen-bond donors (Lipinski definition) is 0. The van der Waals surface area contributed by atoms with E-state index in [2.05, 4.69) is 50.2 Å². The van der Waals surface area contributed by atoms with Crippen molar-refractivity contribution in [3.05, 3.63) is 66.2 Å². The molecule has 3 nitrogen and oxygen atoms in total. The molecule has 2 aliphatic rings. The summed E-state index contributed by atoms with van der Waals surface area (Å²) in [6, 6.07) is 20.6. The molecule has 0 N–H and O–H groups in total. The van der Waals surface area contributed by atoms with Crippen molar-refractivity contribution in [1.29, 1.82) is 0 Å². The molecule has 2 heterocycles. The van der Waals surface area contributed by atoms with E-state index in [1.807, 2.05) is 24.3 Å². The third-order valence-corrected chi connectivity index (χ3v) is 6.53. The van der Waals surface area contributed by atoms with E-state index in [0.717, 1.165) is 5.56 Å². The second-order valence-electron chi connectivity index (χ2n) is 6.87. The lowest BCUT2D eigenvalue weighted by Gasteiger charge is -2.48. The predicted octanol–water partition coefficient (Wildman–Crippen LogP) is 4.89. The Bertz CT molecular complexity index is 676. The van der Waals surface area contributed by atoms with Crippen LogP contribution in [0, 0.1) is 11.8 Å². The van der Waals surface area contributed by atoms with Crippen molar-refractivity contribution in [3.8, 4) is 0 Å². The lowest BCUT2D eigenvalue weighted by molar-refractivity contribution is -0.300. The van der Waals surface area contributed by atoms with E-state index in [1.165, 1.54) is 4.90 Å². The molecule has 25 heavy (non-hydrogen) atoms. The Morgan fingerprint density at radius 3 is 2.24 bits per heavy atom. The minimum absolute atomic E-state index is 0.00706. The zero-order valence-corrected chi connectivity index (χ0v) is 15.4. The maximum Gasteiger partial charge on any atom is 0.184 e. The van der Waals surface area contributed by atoms with Gasteiger partial charge in [0.1, 0.15) is 11.5 Å². The van der Waals surface area contributed by atoms with Crippen LogP contribution in [-0.4, -0.2) is 24.3 Å². The van der Waals surface area contributed by atoms with E-state index in [9.17, 15) is 0 Å². The van der Waals surface area contributed by atoms with Gasteiger partial charge in [-0.25, -0.2) is 0 Å². The Labute approximate surface area is 153 Å². The van der Waals surface area contributed by atoms with E-state index in [4.69, 9.17) is 14.2 Å². The van der Waals surface area contributed by atoms with Crippen LogP contribution in [0.4, 0.5) is 0 Å². The highest BCUT2D eigenvalue weighted by molar-refractivity contribution is 7.99. The highest BCUT2D eigenvalue weighted by Crippen LogP contribution is 2.43. The second-order valence-corrected chi connectivity index (χ2v) is 8.04. The van der Waals surface area contributed by atoms with Crippen LogP contribution in [0.15, 0.2) is 65.6 Å². The summed E-state index contributed by atoms with van der Waals surface area (Å²) in [5, 5.41) is 0. The summed E-state index contributed by atoms with van der Waals surface area (Å²) in [6.45, 7) is 5.11. The van der Waals surface area contributed by atoms with E-state index in [0.29, 0.717) is 18.4 Å². The standard InChI is InChI=1S/C21H24O3S/c1-14-15(2)21(25-17-11-7-4-8-12-17)23-18-13-22-20(24-19(14)18)16-9-5-3-6-10-16/h3-12,14-15,18-21H,13H2,1-2H3/t14-,15-,18-,19+,20-,21+/m1/s1. The molecule has 132 valence electrons. The summed E-state index contributed by atoms with van der Waals surface area (Å²) >= 11 is 1.80. The van der Waals surface area contributed by atoms with Crippen LogP contribution in [0.2, 0.25) is 0 Å². The van der Waals surface area contributed by atoms with Crippen molar-refractivity contribution in [1.82, 2.24) is 0 Å². The molecule has 0 aromatic heterocycles. The van der Waals surface area contributed by atoms with Gasteiger partial charge < -0.3 is 14.2 Å². The average molecular weight is 356 g/mol. The number of ether oxygens (including phenoxy) is 3. The van der Waals surface area contributed by atoms with Gasteiger partial charge in [0.25, 0.3) is 0 Å². The lowest BCUT2D eigenvalue weighted by atomic mass is 9.85. The molecule has 0 amide bonds. The van der Waals surface area contributed by atoms with E-state index in [1.54, 1.807) is 11.8 Å². The summed E-state index contributed by atoms with van der Waals surface area (Å²) < 4.78 is 18.6. The Kier molecular flexibility index (Phi) is 5.13. The van der Waals surface area contributed by atoms with Crippen molar-refractivity contribution in [2.24, 2.45) is 11.8 Å². The zero-order valence-electron chi connectivity index (χ0n) is 14.6. The van der Waals surface area contributed by atoms with E-state index in [-0.39, 0.29) is 23.9 Å². The fraction of sp³-hybridized carbons (Fsp3) is 0.429. The van der Waals surface area contributed by atoms with Crippen molar-refractivity contribution in [2.45, 2.75) is 42.7 Å². The van der Waals surface area contributed by atoms with Gasteiger partial charge in [-0.15, -0.1) is 0 Å². The highest BCUT2D eigenvalue weighted by atomic mass is 32.2. The lowest BCUT2D eigenvalue weighted by Crippen LogP contribution is -2.54. The minimum Gasteiger partial charge on any atom is -0.359 e. The number of fused-ring (bicyclic) bond motifs is 1. The molecule has 0 saturated carbocycles. The predicted molar refractivity (Wildman–Crippen MR) is 99.3 cm³/mol. The molecule has 4 rings (SSSR count). The third-order valence-electron chi connectivity index (χ3n) is 5.21. The summed E-state index contributed by atoms with van der Waals surface area (Å²) in [5.74, 6) is 0.816. The van der Waals surface area contributed by atoms with Gasteiger partial charge in [-0.05, 0) is 24.0 Å². The van der Waals surface area contributed by atoms with Gasteiger partial charge in [-0.2, -0.15) is 0 Å². The van der Waals surface area contributed by atoms with Gasteiger partial charge in [-0.3, -0.25) is 0 Å². The van der Waals surface area contributed by atoms with Crippen molar-refractivity contribution < 1.29 is 14.2 Å². The molecular weight excluding hydrogens is 332 g/mol. The molecule has 0 spiro atoms. The first-order chi connectivity index (χ1) is 12.2. The average Bonchev–Trinajstić information content (AvgIpc) is 2.67. The number of rotatable bonds is 3. The topological polar surface area (TPSA) is 27.7 Å². The molecule has 0 aliphatic carbocycles. The fourth-order valence-corrected chi connectivity index (χ4v) is 4.77. The summed E-state index contributed by atoms with van der Waals surface area (Å²) in [6.07, 6.45) is -0.229. The zero-order chi connectivity index (χ0) is 17.2. The normalized spacial score (nSPS) is 35.1. The maximum atomic E-state index is 6.37. The first kappa shape index (κ1) is 17.1. The van der Waals surface area contributed by atoms with Crippen LogP contribution in [0.25, 0.3) is 0 Å². The van der Waals surface area contributed by atoms with Crippen molar-refractivity contribution in [2.75, 3.05) is 6.61 Å². The quantitative estimate of drug-likeness (QED) is 0.783. The van der Waals surface area contributed by atoms with Gasteiger partial charge in [0.05, 0.1) is 12.7 Å². The fourth-order valence-electron chi connectivity index (χ4n) is 3.52. The van der Waals surface area contributed by atoms with E-state index >= 15 is 0 Å². The van der Waals surface area contributed by atoms with Gasteiger partial charge in [0.15, 0.2) is 6.29 Å². The molecule has 2 aromatic carbocycles. The molecule has 6 atom stereocenters. The molecule has 0 radical (unpaired) electrons. The molecule has 0 bridgehead atoms. The van der Waals surface area contributed by atoms with Gasteiger partial charge >= 0.3 is 0 Å². The van der Waals surface area contributed by atoms with Crippen LogP contribution in [0.3, 0.4) is 0 Å². The Balaban J connectivity index is 1.46. The van der Waals surface area contributed by atoms with Crippen LogP contribution in [0.5, 0.6) is 0 Å². The van der Waals surface area contributed by atoms with Gasteiger partial charge in [0, 0.05) is 10.5 Å². The Morgan fingerprint density at radius 2 is 1.52 bits per heavy atom. The Hall–Kier alpha value is -1.33. The summed E-state index contributed by atoms with van der Waals surface area (Å²) in [5.41, 5.74) is 1.20. The number of benzene rings is 2. The largest absolute Gasteiger partial charge is 0.359 e. The first-order valence-corrected chi connectivity index (χ1v) is 9.79. The third kappa shape index (κ3) is 3.63. The summed E-state index contributed by atoms with van der Waals surface area (Å²) in [7, 11) is 0. The molecule has 2 aliphatic heterocycles. The molecule has 0 unspecified atom stereocenters. The minimum atomic E-state index is -0.293. The first-order valence-electron chi connectivity index (χ1n) is 8.91. The monoisotopic (exact) mass is 356 g/mol.